The Balaban J connectivity index is 2.20. The number of halogens is 1. The van der Waals surface area contributed by atoms with Gasteiger partial charge in [-0.1, -0.05) is 24.3 Å². The van der Waals surface area contributed by atoms with E-state index in [4.69, 9.17) is 0 Å². The zero-order valence-electron chi connectivity index (χ0n) is 11.0. The van der Waals surface area contributed by atoms with Crippen LogP contribution in [0.25, 0.3) is 10.8 Å². The third-order valence-corrected chi connectivity index (χ3v) is 4.03. The molecule has 2 aromatic heterocycles. The summed E-state index contributed by atoms with van der Waals surface area (Å²) in [7, 11) is 1.94. The van der Waals surface area contributed by atoms with Gasteiger partial charge >= 0.3 is 0 Å². The molecule has 0 saturated heterocycles. The van der Waals surface area contributed by atoms with Crippen molar-refractivity contribution in [2.75, 3.05) is 7.05 Å². The maximum Gasteiger partial charge on any atom is 0.0781 e. The van der Waals surface area contributed by atoms with Crippen LogP contribution in [0.5, 0.6) is 0 Å². The minimum absolute atomic E-state index is 0.00387. The standard InChI is InChI=1S/C16H14BrN3/c1-18-15(16-14(17)7-4-8-20-16)13-10-19-9-11-5-2-3-6-12(11)13/h2-10,15,18H,1H3. The molecule has 0 amide bonds. The second-order valence-corrected chi connectivity index (χ2v) is 5.40. The normalized spacial score (nSPS) is 12.5. The zero-order valence-corrected chi connectivity index (χ0v) is 12.6. The fraction of sp³-hybridized carbons (Fsp3) is 0.125. The van der Waals surface area contributed by atoms with Crippen LogP contribution in [0, 0.1) is 0 Å². The molecule has 1 unspecified atom stereocenters. The molecule has 4 heteroatoms. The fourth-order valence-electron chi connectivity index (χ4n) is 2.42. The van der Waals surface area contributed by atoms with Crippen LogP contribution in [-0.4, -0.2) is 17.0 Å². The lowest BCUT2D eigenvalue weighted by molar-refractivity contribution is 0.670. The molecule has 0 bridgehead atoms. The molecule has 0 radical (unpaired) electrons. The molecule has 1 aromatic carbocycles. The largest absolute Gasteiger partial charge is 0.308 e. The summed E-state index contributed by atoms with van der Waals surface area (Å²) in [4.78, 5) is 8.85. The summed E-state index contributed by atoms with van der Waals surface area (Å²) in [6, 6.07) is 12.2. The van der Waals surface area contributed by atoms with E-state index in [1.165, 1.54) is 5.39 Å². The molecule has 1 N–H and O–H groups in total. The van der Waals surface area contributed by atoms with Crippen LogP contribution >= 0.6 is 15.9 Å². The topological polar surface area (TPSA) is 37.8 Å². The maximum absolute atomic E-state index is 4.50. The third kappa shape index (κ3) is 2.32. The highest BCUT2D eigenvalue weighted by Crippen LogP contribution is 2.30. The summed E-state index contributed by atoms with van der Waals surface area (Å²) >= 11 is 3.58. The maximum atomic E-state index is 4.50. The Morgan fingerprint density at radius 1 is 1.10 bits per heavy atom. The van der Waals surface area contributed by atoms with Gasteiger partial charge in [-0.15, -0.1) is 0 Å². The molecule has 0 fully saturated rings. The Labute approximate surface area is 126 Å². The highest BCUT2D eigenvalue weighted by molar-refractivity contribution is 9.10. The van der Waals surface area contributed by atoms with Crippen LogP contribution in [0.1, 0.15) is 17.3 Å². The summed E-state index contributed by atoms with van der Waals surface area (Å²) in [5.41, 5.74) is 2.10. The minimum Gasteiger partial charge on any atom is -0.308 e. The van der Waals surface area contributed by atoms with E-state index in [9.17, 15) is 0 Å². The van der Waals surface area contributed by atoms with E-state index in [1.54, 1.807) is 0 Å². The van der Waals surface area contributed by atoms with Gasteiger partial charge in [0.1, 0.15) is 0 Å². The highest BCUT2D eigenvalue weighted by Gasteiger charge is 2.18. The van der Waals surface area contributed by atoms with Crippen molar-refractivity contribution in [3.8, 4) is 0 Å². The van der Waals surface area contributed by atoms with Gasteiger partial charge in [0, 0.05) is 34.0 Å². The first-order valence-corrected chi connectivity index (χ1v) is 7.21. The molecular formula is C16H14BrN3. The van der Waals surface area contributed by atoms with Gasteiger partial charge in [0.05, 0.1) is 11.7 Å². The lowest BCUT2D eigenvalue weighted by atomic mass is 9.99. The molecule has 1 atom stereocenters. The number of hydrogen-bond donors (Lipinski definition) is 1. The molecule has 0 aliphatic rings. The summed E-state index contributed by atoms with van der Waals surface area (Å²) in [6.07, 6.45) is 5.60. The van der Waals surface area contributed by atoms with Gasteiger partial charge in [-0.3, -0.25) is 9.97 Å². The number of hydrogen-bond acceptors (Lipinski definition) is 3. The number of fused-ring (bicyclic) bond motifs is 1. The van der Waals surface area contributed by atoms with Gasteiger partial charge in [-0.25, -0.2) is 0 Å². The van der Waals surface area contributed by atoms with E-state index < -0.39 is 0 Å². The quantitative estimate of drug-likeness (QED) is 0.797. The van der Waals surface area contributed by atoms with Crippen molar-refractivity contribution in [1.82, 2.24) is 15.3 Å². The second-order valence-electron chi connectivity index (χ2n) is 4.54. The van der Waals surface area contributed by atoms with Crippen LogP contribution in [0.4, 0.5) is 0 Å². The van der Waals surface area contributed by atoms with Crippen LogP contribution in [0.3, 0.4) is 0 Å². The Hall–Kier alpha value is -1.78. The first-order chi connectivity index (χ1) is 9.81. The Morgan fingerprint density at radius 3 is 2.75 bits per heavy atom. The van der Waals surface area contributed by atoms with Gasteiger partial charge in [-0.2, -0.15) is 0 Å². The average molecular weight is 328 g/mol. The molecule has 3 rings (SSSR count). The van der Waals surface area contributed by atoms with Crippen molar-refractivity contribution in [3.05, 3.63) is 70.7 Å². The summed E-state index contributed by atoms with van der Waals surface area (Å²) in [5, 5.41) is 5.67. The predicted octanol–water partition coefficient (Wildman–Crippen LogP) is 3.70. The van der Waals surface area contributed by atoms with Crippen LogP contribution < -0.4 is 5.32 Å². The lowest BCUT2D eigenvalue weighted by Crippen LogP contribution is -2.20. The van der Waals surface area contributed by atoms with E-state index >= 15 is 0 Å². The number of benzene rings is 1. The monoisotopic (exact) mass is 327 g/mol. The number of rotatable bonds is 3. The predicted molar refractivity (Wildman–Crippen MR) is 84.6 cm³/mol. The van der Waals surface area contributed by atoms with E-state index in [0.717, 1.165) is 21.1 Å². The first-order valence-electron chi connectivity index (χ1n) is 6.41. The second kappa shape index (κ2) is 5.69. The third-order valence-electron chi connectivity index (χ3n) is 3.36. The molecule has 0 aliphatic heterocycles. The number of aromatic nitrogens is 2. The molecule has 3 aromatic rings. The van der Waals surface area contributed by atoms with E-state index in [2.05, 4.69) is 43.3 Å². The molecular weight excluding hydrogens is 314 g/mol. The average Bonchev–Trinajstić information content (AvgIpc) is 2.50. The number of nitrogens with zero attached hydrogens (tertiary/aromatic N) is 2. The van der Waals surface area contributed by atoms with Crippen molar-refractivity contribution in [2.24, 2.45) is 0 Å². The van der Waals surface area contributed by atoms with Gasteiger partial charge in [0.25, 0.3) is 0 Å². The molecule has 0 saturated carbocycles. The molecule has 20 heavy (non-hydrogen) atoms. The summed E-state index contributed by atoms with van der Waals surface area (Å²) < 4.78 is 0.993. The minimum atomic E-state index is 0.00387. The van der Waals surface area contributed by atoms with Crippen molar-refractivity contribution < 1.29 is 0 Å². The molecule has 0 spiro atoms. The Kier molecular flexibility index (Phi) is 3.76. The molecule has 100 valence electrons. The molecule has 0 aliphatic carbocycles. The lowest BCUT2D eigenvalue weighted by Gasteiger charge is -2.19. The highest BCUT2D eigenvalue weighted by atomic mass is 79.9. The van der Waals surface area contributed by atoms with Gasteiger partial charge in [0.2, 0.25) is 0 Å². The van der Waals surface area contributed by atoms with Crippen LogP contribution in [-0.2, 0) is 0 Å². The van der Waals surface area contributed by atoms with Crippen molar-refractivity contribution in [1.29, 1.82) is 0 Å². The van der Waals surface area contributed by atoms with Crippen LogP contribution in [0.15, 0.2) is 59.5 Å². The molecule has 3 nitrogen and oxygen atoms in total. The van der Waals surface area contributed by atoms with Crippen molar-refractivity contribution in [2.45, 2.75) is 6.04 Å². The van der Waals surface area contributed by atoms with Crippen LogP contribution in [0.2, 0.25) is 0 Å². The van der Waals surface area contributed by atoms with Crippen molar-refractivity contribution in [3.63, 3.8) is 0 Å². The first kappa shape index (κ1) is 13.2. The number of nitrogens with one attached hydrogen (secondary N) is 1. The van der Waals surface area contributed by atoms with Gasteiger partial charge in [0.15, 0.2) is 0 Å². The smallest absolute Gasteiger partial charge is 0.0781 e. The SMILES string of the molecule is CNC(c1ncccc1Br)c1cncc2ccccc12. The zero-order chi connectivity index (χ0) is 13.9. The van der Waals surface area contributed by atoms with E-state index in [-0.39, 0.29) is 6.04 Å². The van der Waals surface area contributed by atoms with Gasteiger partial charge < -0.3 is 5.32 Å². The molecule has 2 heterocycles. The summed E-state index contributed by atoms with van der Waals surface area (Å²) in [5.74, 6) is 0. The fourth-order valence-corrected chi connectivity index (χ4v) is 2.90. The summed E-state index contributed by atoms with van der Waals surface area (Å²) in [6.45, 7) is 0. The van der Waals surface area contributed by atoms with E-state index in [1.807, 2.05) is 49.9 Å². The Morgan fingerprint density at radius 2 is 1.95 bits per heavy atom. The Bertz CT molecular complexity index is 737. The number of pyridine rings is 2. The van der Waals surface area contributed by atoms with Crippen molar-refractivity contribution >= 4 is 26.7 Å². The van der Waals surface area contributed by atoms with E-state index in [0.29, 0.717) is 0 Å². The van der Waals surface area contributed by atoms with Gasteiger partial charge in [-0.05, 0) is 40.5 Å².